The maximum atomic E-state index is 13.7. The lowest BCUT2D eigenvalue weighted by atomic mass is 9.95. The minimum absolute atomic E-state index is 0.0797. The van der Waals surface area contributed by atoms with Crippen LogP contribution < -0.4 is 9.64 Å². The summed E-state index contributed by atoms with van der Waals surface area (Å²) in [7, 11) is 0. The van der Waals surface area contributed by atoms with E-state index in [1.54, 1.807) is 38.1 Å². The molecule has 1 fully saturated rings. The van der Waals surface area contributed by atoms with Crippen LogP contribution in [0.15, 0.2) is 54.1 Å². The average molecular weight is 525 g/mol. The predicted molar refractivity (Wildman–Crippen MR) is 136 cm³/mol. The number of aromatic nitrogens is 1. The maximum absolute atomic E-state index is 13.7. The predicted octanol–water partition coefficient (Wildman–Crippen LogP) is 5.18. The number of esters is 1. The minimum atomic E-state index is -1.11. The maximum Gasteiger partial charge on any atom is 0.350 e. The van der Waals surface area contributed by atoms with Gasteiger partial charge >= 0.3 is 11.9 Å². The Morgan fingerprint density at radius 1 is 1.16 bits per heavy atom. The number of rotatable bonds is 8. The van der Waals surface area contributed by atoms with Gasteiger partial charge in [-0.05, 0) is 50.1 Å². The Labute approximate surface area is 217 Å². The fourth-order valence-corrected chi connectivity index (χ4v) is 4.96. The number of hydrogen-bond donors (Lipinski definition) is 1. The lowest BCUT2D eigenvalue weighted by Crippen LogP contribution is -2.29. The van der Waals surface area contributed by atoms with Gasteiger partial charge in [0.25, 0.3) is 5.78 Å². The van der Waals surface area contributed by atoms with Crippen LogP contribution in [0, 0.1) is 12.7 Å². The second-order valence-electron chi connectivity index (χ2n) is 8.23. The number of ketones is 1. The molecule has 1 amide bonds. The fourth-order valence-electron chi connectivity index (χ4n) is 3.97. The summed E-state index contributed by atoms with van der Waals surface area (Å²) >= 11 is 0.902. The Balaban J connectivity index is 1.87. The molecule has 10 heteroatoms. The van der Waals surface area contributed by atoms with Crippen LogP contribution in [0.1, 0.15) is 52.8 Å². The molecule has 2 aromatic carbocycles. The number of thiazole rings is 1. The molecular formula is C27H25FN2O6S. The second kappa shape index (κ2) is 10.9. The van der Waals surface area contributed by atoms with Gasteiger partial charge in [-0.1, -0.05) is 42.5 Å². The quantitative estimate of drug-likeness (QED) is 0.187. The lowest BCUT2D eigenvalue weighted by molar-refractivity contribution is -0.132. The first-order chi connectivity index (χ1) is 17.8. The molecule has 1 aromatic heterocycles. The van der Waals surface area contributed by atoms with Gasteiger partial charge in [0.2, 0.25) is 0 Å². The van der Waals surface area contributed by atoms with Crippen LogP contribution in [0.4, 0.5) is 9.52 Å². The zero-order valence-electron chi connectivity index (χ0n) is 20.5. The van der Waals surface area contributed by atoms with E-state index in [1.165, 1.54) is 24.3 Å². The van der Waals surface area contributed by atoms with Crippen LogP contribution >= 0.6 is 11.3 Å². The molecule has 0 bridgehead atoms. The highest BCUT2D eigenvalue weighted by atomic mass is 32.1. The third-order valence-electron chi connectivity index (χ3n) is 5.66. The third-order valence-corrected chi connectivity index (χ3v) is 6.80. The molecule has 1 N–H and O–H groups in total. The normalized spacial score (nSPS) is 16.8. The highest BCUT2D eigenvalue weighted by Crippen LogP contribution is 2.44. The third kappa shape index (κ3) is 5.10. The van der Waals surface area contributed by atoms with Gasteiger partial charge in [0.15, 0.2) is 5.13 Å². The van der Waals surface area contributed by atoms with Gasteiger partial charge in [-0.2, -0.15) is 0 Å². The monoisotopic (exact) mass is 524 g/mol. The van der Waals surface area contributed by atoms with Crippen molar-refractivity contribution < 1.29 is 33.4 Å². The van der Waals surface area contributed by atoms with Crippen molar-refractivity contribution in [2.45, 2.75) is 33.2 Å². The van der Waals surface area contributed by atoms with E-state index in [1.807, 2.05) is 6.92 Å². The van der Waals surface area contributed by atoms with Crippen molar-refractivity contribution in [3.63, 3.8) is 0 Å². The minimum Gasteiger partial charge on any atom is -0.507 e. The molecule has 0 saturated carbocycles. The molecule has 0 radical (unpaired) electrons. The summed E-state index contributed by atoms with van der Waals surface area (Å²) in [5.74, 6) is -2.88. The molecule has 4 rings (SSSR count). The first-order valence-corrected chi connectivity index (χ1v) is 12.5. The first-order valence-electron chi connectivity index (χ1n) is 11.7. The zero-order chi connectivity index (χ0) is 26.7. The molecule has 1 aliphatic heterocycles. The van der Waals surface area contributed by atoms with Crippen molar-refractivity contribution in [2.24, 2.45) is 0 Å². The summed E-state index contributed by atoms with van der Waals surface area (Å²) in [6.07, 6.45) is 0.785. The number of aryl methyl sites for hydroxylation is 1. The van der Waals surface area contributed by atoms with Crippen LogP contribution in [-0.2, 0) is 14.3 Å². The van der Waals surface area contributed by atoms with E-state index in [-0.39, 0.29) is 27.8 Å². The first kappa shape index (κ1) is 26.0. The Morgan fingerprint density at radius 3 is 2.57 bits per heavy atom. The van der Waals surface area contributed by atoms with Gasteiger partial charge in [-0.25, -0.2) is 14.2 Å². The van der Waals surface area contributed by atoms with Gasteiger partial charge in [-0.15, -0.1) is 0 Å². The molecule has 1 atom stereocenters. The number of amides is 1. The number of ether oxygens (including phenoxy) is 2. The van der Waals surface area contributed by atoms with E-state index in [0.717, 1.165) is 22.7 Å². The van der Waals surface area contributed by atoms with Crippen LogP contribution in [0.5, 0.6) is 5.75 Å². The SMILES string of the molecule is CCCOc1cccc(C(O)=C2C(=O)C(=O)N(c3nc(C)c(C(=O)OCC)s3)C2c2ccc(F)cc2)c1. The van der Waals surface area contributed by atoms with Crippen molar-refractivity contribution in [1.82, 2.24) is 4.98 Å². The van der Waals surface area contributed by atoms with Crippen LogP contribution in [-0.4, -0.2) is 41.0 Å². The summed E-state index contributed by atoms with van der Waals surface area (Å²) in [6, 6.07) is 10.7. The molecule has 1 unspecified atom stereocenters. The molecule has 1 saturated heterocycles. The number of nitrogens with zero attached hydrogens (tertiary/aromatic N) is 2. The second-order valence-corrected chi connectivity index (χ2v) is 9.21. The smallest absolute Gasteiger partial charge is 0.350 e. The molecule has 0 spiro atoms. The van der Waals surface area contributed by atoms with Gasteiger partial charge in [-0.3, -0.25) is 14.5 Å². The van der Waals surface area contributed by atoms with Gasteiger partial charge in [0.1, 0.15) is 22.2 Å². The molecule has 37 heavy (non-hydrogen) atoms. The summed E-state index contributed by atoms with van der Waals surface area (Å²) in [5, 5.41) is 11.4. The van der Waals surface area contributed by atoms with Crippen molar-refractivity contribution in [3.8, 4) is 5.75 Å². The fraction of sp³-hybridized carbons (Fsp3) is 0.259. The number of Topliss-reactive ketones (excluding diaryl/α,β-unsaturated/α-hetero) is 1. The van der Waals surface area contributed by atoms with Gasteiger partial charge < -0.3 is 14.6 Å². The summed E-state index contributed by atoms with van der Waals surface area (Å²) < 4.78 is 24.5. The Morgan fingerprint density at radius 2 is 1.89 bits per heavy atom. The van der Waals surface area contributed by atoms with Crippen LogP contribution in [0.2, 0.25) is 0 Å². The number of aliphatic hydroxyl groups excluding tert-OH is 1. The number of carbonyl (C=O) groups is 3. The summed E-state index contributed by atoms with van der Waals surface area (Å²) in [5.41, 5.74) is 0.807. The lowest BCUT2D eigenvalue weighted by Gasteiger charge is -2.23. The average Bonchev–Trinajstić information content (AvgIpc) is 3.40. The zero-order valence-corrected chi connectivity index (χ0v) is 21.3. The number of carbonyl (C=O) groups excluding carboxylic acids is 3. The topological polar surface area (TPSA) is 106 Å². The number of aliphatic hydroxyl groups is 1. The highest BCUT2D eigenvalue weighted by molar-refractivity contribution is 7.17. The molecule has 8 nitrogen and oxygen atoms in total. The van der Waals surface area contributed by atoms with E-state index >= 15 is 0 Å². The van der Waals surface area contributed by atoms with Crippen molar-refractivity contribution in [1.29, 1.82) is 0 Å². The molecule has 1 aliphatic rings. The Kier molecular flexibility index (Phi) is 7.68. The van der Waals surface area contributed by atoms with Crippen molar-refractivity contribution in [2.75, 3.05) is 18.1 Å². The molecule has 2 heterocycles. The van der Waals surface area contributed by atoms with E-state index in [9.17, 15) is 23.9 Å². The number of benzene rings is 2. The Bertz CT molecular complexity index is 1380. The van der Waals surface area contributed by atoms with Gasteiger partial charge in [0, 0.05) is 5.56 Å². The largest absolute Gasteiger partial charge is 0.507 e. The van der Waals surface area contributed by atoms with Crippen molar-refractivity contribution in [3.05, 3.63) is 81.6 Å². The molecule has 0 aliphatic carbocycles. The summed E-state index contributed by atoms with van der Waals surface area (Å²) in [4.78, 5) is 44.7. The number of anilines is 1. The molecule has 192 valence electrons. The van der Waals surface area contributed by atoms with Crippen LogP contribution in [0.3, 0.4) is 0 Å². The van der Waals surface area contributed by atoms with Crippen molar-refractivity contribution >= 4 is 39.9 Å². The van der Waals surface area contributed by atoms with E-state index in [0.29, 0.717) is 23.6 Å². The van der Waals surface area contributed by atoms with E-state index in [2.05, 4.69) is 4.98 Å². The number of hydrogen-bond acceptors (Lipinski definition) is 8. The van der Waals surface area contributed by atoms with Crippen LogP contribution in [0.25, 0.3) is 5.76 Å². The van der Waals surface area contributed by atoms with Gasteiger partial charge in [0.05, 0.1) is 30.5 Å². The molecular weight excluding hydrogens is 499 g/mol. The number of halogens is 1. The highest BCUT2D eigenvalue weighted by Gasteiger charge is 2.48. The van der Waals surface area contributed by atoms with E-state index < -0.39 is 35.3 Å². The van der Waals surface area contributed by atoms with E-state index in [4.69, 9.17) is 9.47 Å². The summed E-state index contributed by atoms with van der Waals surface area (Å²) in [6.45, 7) is 5.85. The molecule has 3 aromatic rings. The standard InChI is InChI=1S/C27H25FN2O6S/c1-4-13-36-19-8-6-7-17(14-19)22(31)20-21(16-9-11-18(28)12-10-16)30(25(33)23(20)32)27-29-15(3)24(37-27)26(34)35-5-2/h6-12,14,21,31H,4-5,13H2,1-3H3. The Hall–Kier alpha value is -4.05.